The fourth-order valence-electron chi connectivity index (χ4n) is 0.238. The molecular weight excluding hydrogens is 146 g/mol. The third-order valence-corrected chi connectivity index (χ3v) is 0.531. The average molecular weight is 152 g/mol. The van der Waals surface area contributed by atoms with Crippen LogP contribution in [0.4, 0.5) is 0 Å². The average Bonchev–Trinajstić information content (AvgIpc) is 1.63. The van der Waals surface area contributed by atoms with Gasteiger partial charge in [0.15, 0.2) is 11.8 Å². The van der Waals surface area contributed by atoms with E-state index in [1.54, 1.807) is 0 Å². The lowest BCUT2D eigenvalue weighted by Gasteiger charge is -1.99. The summed E-state index contributed by atoms with van der Waals surface area (Å²) in [4.78, 5) is 10.2. The van der Waals surface area contributed by atoms with Gasteiger partial charge in [0.1, 0.15) is 0 Å². The summed E-state index contributed by atoms with van der Waals surface area (Å²) >= 11 is 5.22. The van der Waals surface area contributed by atoms with Crippen molar-refractivity contribution in [3.8, 4) is 0 Å². The standard InChI is InChI=1S/C4H6ClNO3/c1-3(5)9-4(7)2-6-8/h2-3,8H,1H3. The minimum absolute atomic E-state index is 0.624. The summed E-state index contributed by atoms with van der Waals surface area (Å²) in [5, 5.41) is 10.2. The van der Waals surface area contributed by atoms with Crippen molar-refractivity contribution >= 4 is 23.8 Å². The number of carbonyl (C=O) groups excluding carboxylic acids is 1. The molecule has 0 aromatic heterocycles. The second-order valence-corrected chi connectivity index (χ2v) is 1.84. The molecule has 1 atom stereocenters. The lowest BCUT2D eigenvalue weighted by Crippen LogP contribution is -2.09. The van der Waals surface area contributed by atoms with E-state index in [4.69, 9.17) is 16.8 Å². The van der Waals surface area contributed by atoms with Crippen molar-refractivity contribution in [2.24, 2.45) is 5.16 Å². The number of oxime groups is 1. The first-order chi connectivity index (χ1) is 4.16. The number of rotatable bonds is 2. The van der Waals surface area contributed by atoms with Crippen molar-refractivity contribution in [1.82, 2.24) is 0 Å². The molecule has 0 aromatic rings. The van der Waals surface area contributed by atoms with Gasteiger partial charge in [-0.3, -0.25) is 0 Å². The van der Waals surface area contributed by atoms with E-state index in [1.165, 1.54) is 6.92 Å². The topological polar surface area (TPSA) is 58.9 Å². The summed E-state index contributed by atoms with van der Waals surface area (Å²) in [5.74, 6) is -0.764. The zero-order chi connectivity index (χ0) is 7.28. The van der Waals surface area contributed by atoms with E-state index in [0.29, 0.717) is 6.21 Å². The van der Waals surface area contributed by atoms with E-state index >= 15 is 0 Å². The van der Waals surface area contributed by atoms with Crippen molar-refractivity contribution in [3.63, 3.8) is 0 Å². The zero-order valence-corrected chi connectivity index (χ0v) is 5.50. The van der Waals surface area contributed by atoms with Crippen LogP contribution in [0.15, 0.2) is 5.16 Å². The number of alkyl halides is 1. The molecule has 0 heterocycles. The first kappa shape index (κ1) is 8.23. The highest BCUT2D eigenvalue weighted by Crippen LogP contribution is 1.93. The van der Waals surface area contributed by atoms with E-state index < -0.39 is 11.5 Å². The Morgan fingerprint density at radius 3 is 2.89 bits per heavy atom. The number of halogens is 1. The van der Waals surface area contributed by atoms with Crippen LogP contribution >= 0.6 is 11.6 Å². The molecule has 0 radical (unpaired) electrons. The Morgan fingerprint density at radius 2 is 2.56 bits per heavy atom. The van der Waals surface area contributed by atoms with E-state index in [1.807, 2.05) is 0 Å². The molecule has 0 aliphatic rings. The zero-order valence-electron chi connectivity index (χ0n) is 4.74. The van der Waals surface area contributed by atoms with E-state index in [2.05, 4.69) is 9.89 Å². The minimum atomic E-state index is -0.764. The fraction of sp³-hybridized carbons (Fsp3) is 0.500. The maximum atomic E-state index is 10.2. The predicted octanol–water partition coefficient (Wildman–Crippen LogP) is 0.574. The molecule has 0 aromatic carbocycles. The predicted molar refractivity (Wildman–Crippen MR) is 31.7 cm³/mol. The van der Waals surface area contributed by atoms with Crippen LogP contribution in [0.3, 0.4) is 0 Å². The van der Waals surface area contributed by atoms with Gasteiger partial charge >= 0.3 is 5.97 Å². The van der Waals surface area contributed by atoms with Crippen LogP contribution in [0.1, 0.15) is 6.92 Å². The van der Waals surface area contributed by atoms with E-state index in [0.717, 1.165) is 0 Å². The Hall–Kier alpha value is -0.770. The highest BCUT2D eigenvalue weighted by molar-refractivity contribution is 6.25. The van der Waals surface area contributed by atoms with Gasteiger partial charge in [-0.1, -0.05) is 16.8 Å². The highest BCUT2D eigenvalue weighted by atomic mass is 35.5. The van der Waals surface area contributed by atoms with E-state index in [9.17, 15) is 4.79 Å². The second kappa shape index (κ2) is 4.14. The molecule has 0 aliphatic heterocycles. The van der Waals surface area contributed by atoms with Gasteiger partial charge < -0.3 is 9.94 Å². The van der Waals surface area contributed by atoms with Gasteiger partial charge in [-0.25, -0.2) is 4.79 Å². The van der Waals surface area contributed by atoms with Gasteiger partial charge in [0.05, 0.1) is 0 Å². The fourth-order valence-corrected chi connectivity index (χ4v) is 0.325. The van der Waals surface area contributed by atoms with Gasteiger partial charge in [0, 0.05) is 0 Å². The molecule has 0 aliphatic carbocycles. The Bertz CT molecular complexity index is 123. The maximum absolute atomic E-state index is 10.2. The van der Waals surface area contributed by atoms with Crippen LogP contribution in [0.25, 0.3) is 0 Å². The lowest BCUT2D eigenvalue weighted by molar-refractivity contribution is -0.136. The monoisotopic (exact) mass is 151 g/mol. The van der Waals surface area contributed by atoms with Crippen LogP contribution in [0, 0.1) is 0 Å². The molecule has 0 amide bonds. The molecule has 9 heavy (non-hydrogen) atoms. The first-order valence-electron chi connectivity index (χ1n) is 2.19. The number of hydrogen-bond acceptors (Lipinski definition) is 4. The molecule has 4 nitrogen and oxygen atoms in total. The minimum Gasteiger partial charge on any atom is -0.442 e. The van der Waals surface area contributed by atoms with Crippen molar-refractivity contribution < 1.29 is 14.7 Å². The molecule has 0 rings (SSSR count). The number of carbonyl (C=O) groups is 1. The molecular formula is C4H6ClNO3. The summed E-state index contributed by atoms with van der Waals surface area (Å²) in [6.07, 6.45) is 0.624. The van der Waals surface area contributed by atoms with Gasteiger partial charge in [-0.05, 0) is 6.92 Å². The summed E-state index contributed by atoms with van der Waals surface area (Å²) in [7, 11) is 0. The number of hydrogen-bond donors (Lipinski definition) is 1. The van der Waals surface area contributed by atoms with Crippen molar-refractivity contribution in [2.45, 2.75) is 12.5 Å². The van der Waals surface area contributed by atoms with Crippen LogP contribution in [-0.4, -0.2) is 23.0 Å². The van der Waals surface area contributed by atoms with Gasteiger partial charge in [0.25, 0.3) is 0 Å². The Balaban J connectivity index is 3.51. The quantitative estimate of drug-likeness (QED) is 0.206. The van der Waals surface area contributed by atoms with Crippen molar-refractivity contribution in [2.75, 3.05) is 0 Å². The molecule has 0 bridgehead atoms. The molecule has 1 unspecified atom stereocenters. The second-order valence-electron chi connectivity index (χ2n) is 1.22. The largest absolute Gasteiger partial charge is 0.442 e. The molecule has 52 valence electrons. The summed E-state index contributed by atoms with van der Waals surface area (Å²) < 4.78 is 4.31. The maximum Gasteiger partial charge on any atom is 0.354 e. The third kappa shape index (κ3) is 5.10. The van der Waals surface area contributed by atoms with Crippen LogP contribution in [0.2, 0.25) is 0 Å². The summed E-state index contributed by atoms with van der Waals surface area (Å²) in [5.41, 5.74) is -0.699. The molecule has 1 N–H and O–H groups in total. The van der Waals surface area contributed by atoms with E-state index in [-0.39, 0.29) is 0 Å². The SMILES string of the molecule is CC(Cl)OC(=O)C=NO. The third-order valence-electron chi connectivity index (χ3n) is 0.442. The van der Waals surface area contributed by atoms with Crippen molar-refractivity contribution in [1.29, 1.82) is 0 Å². The Kier molecular flexibility index (Phi) is 3.79. The molecule has 0 fully saturated rings. The summed E-state index contributed by atoms with van der Waals surface area (Å²) in [6.45, 7) is 1.48. The Morgan fingerprint density at radius 1 is 2.00 bits per heavy atom. The highest BCUT2D eigenvalue weighted by Gasteiger charge is 2.01. The molecule has 0 spiro atoms. The van der Waals surface area contributed by atoms with Crippen LogP contribution in [0.5, 0.6) is 0 Å². The van der Waals surface area contributed by atoms with Crippen LogP contribution in [-0.2, 0) is 9.53 Å². The lowest BCUT2D eigenvalue weighted by atomic mass is 10.7. The van der Waals surface area contributed by atoms with Crippen molar-refractivity contribution in [3.05, 3.63) is 0 Å². The normalized spacial score (nSPS) is 13.6. The summed E-state index contributed by atoms with van der Waals surface area (Å²) in [6, 6.07) is 0. The Labute approximate surface area is 57.1 Å². The number of nitrogens with zero attached hydrogens (tertiary/aromatic N) is 1. The van der Waals surface area contributed by atoms with Gasteiger partial charge in [-0.2, -0.15) is 0 Å². The van der Waals surface area contributed by atoms with Crippen LogP contribution < -0.4 is 0 Å². The van der Waals surface area contributed by atoms with Gasteiger partial charge in [0.2, 0.25) is 0 Å². The number of ether oxygens (including phenoxy) is 1. The smallest absolute Gasteiger partial charge is 0.354 e. The molecule has 0 saturated heterocycles. The molecule has 0 saturated carbocycles. The first-order valence-corrected chi connectivity index (χ1v) is 2.62. The number of esters is 1. The molecule has 5 heteroatoms. The van der Waals surface area contributed by atoms with Gasteiger partial charge in [-0.15, -0.1) is 0 Å².